The van der Waals surface area contributed by atoms with Crippen molar-refractivity contribution in [2.24, 2.45) is 5.73 Å². The Kier molecular flexibility index (Phi) is 5.02. The van der Waals surface area contributed by atoms with Gasteiger partial charge in [0.2, 0.25) is 0 Å². The number of nitrogens with zero attached hydrogens (tertiary/aromatic N) is 1. The maximum atomic E-state index is 11.1. The molecule has 0 saturated carbocycles. The van der Waals surface area contributed by atoms with Gasteiger partial charge in [0.1, 0.15) is 11.2 Å². The summed E-state index contributed by atoms with van der Waals surface area (Å²) in [6.07, 6.45) is 0. The quantitative estimate of drug-likeness (QED) is 0.592. The Labute approximate surface area is 113 Å². The van der Waals surface area contributed by atoms with Crippen LogP contribution in [0.2, 0.25) is 0 Å². The van der Waals surface area contributed by atoms with Crippen molar-refractivity contribution in [3.63, 3.8) is 0 Å². The number of phenols is 1. The van der Waals surface area contributed by atoms with Crippen molar-refractivity contribution in [3.8, 4) is 11.2 Å². The second kappa shape index (κ2) is 6.51. The number of primary amides is 1. The smallest absolute Gasteiger partial charge is 0.330 e. The molecule has 0 aliphatic rings. The summed E-state index contributed by atoms with van der Waals surface area (Å²) in [5.74, 6) is -1.11. The minimum atomic E-state index is -1.30. The number of nitriles is 1. The van der Waals surface area contributed by atoms with Gasteiger partial charge in [-0.15, -0.1) is 0 Å². The van der Waals surface area contributed by atoms with Gasteiger partial charge in [0, 0.05) is 11.3 Å². The first kappa shape index (κ1) is 14.7. The van der Waals surface area contributed by atoms with Crippen LogP contribution in [0.4, 0.5) is 4.79 Å². The molecule has 1 aromatic carbocycles. The predicted molar refractivity (Wildman–Crippen MR) is 68.1 cm³/mol. The van der Waals surface area contributed by atoms with E-state index in [1.165, 1.54) is 18.2 Å². The van der Waals surface area contributed by atoms with Crippen LogP contribution in [0.25, 0.3) is 0 Å². The average molecular weight is 281 g/mol. The van der Waals surface area contributed by atoms with Gasteiger partial charge in [-0.25, -0.2) is 9.59 Å². The third-order valence-corrected chi connectivity index (χ3v) is 2.85. The van der Waals surface area contributed by atoms with Gasteiger partial charge in [-0.2, -0.15) is 5.26 Å². The highest BCUT2D eigenvalue weighted by Gasteiger charge is 2.22. The van der Waals surface area contributed by atoms with E-state index in [-0.39, 0.29) is 17.1 Å². The number of nitrogens with one attached hydrogen (secondary N) is 1. The lowest BCUT2D eigenvalue weighted by atomic mass is 10.0. The maximum Gasteiger partial charge on any atom is 0.330 e. The lowest BCUT2D eigenvalue weighted by molar-refractivity contribution is -0.139. The van der Waals surface area contributed by atoms with E-state index in [4.69, 9.17) is 16.1 Å². The second-order valence-corrected chi connectivity index (χ2v) is 4.31. The van der Waals surface area contributed by atoms with Crippen molar-refractivity contribution in [1.29, 1.82) is 5.26 Å². The van der Waals surface area contributed by atoms with E-state index in [1.54, 1.807) is 0 Å². The molecule has 0 aliphatic heterocycles. The summed E-state index contributed by atoms with van der Waals surface area (Å²) in [6, 6.07) is 1.82. The number of thioether (sulfide) groups is 1. The first-order chi connectivity index (χ1) is 8.95. The summed E-state index contributed by atoms with van der Waals surface area (Å²) in [4.78, 5) is 21.8. The molecule has 0 aliphatic carbocycles. The number of carbonyl (C=O) groups is 2. The Morgan fingerprint density at radius 2 is 2.21 bits per heavy atom. The number of hydrogen-bond donors (Lipinski definition) is 4. The van der Waals surface area contributed by atoms with Crippen molar-refractivity contribution < 1.29 is 19.8 Å². The third-order valence-electron chi connectivity index (χ3n) is 2.26. The predicted octanol–water partition coefficient (Wildman–Crippen LogP) is 0.900. The number of carboxylic acid groups (broad SMARTS) is 1. The number of aromatic hydroxyl groups is 1. The van der Waals surface area contributed by atoms with Crippen molar-refractivity contribution in [1.82, 2.24) is 5.32 Å². The SMILES string of the molecule is N#CSCc1cc(C(NC(N)=O)C(=O)O)ccc1O. The molecule has 19 heavy (non-hydrogen) atoms. The maximum absolute atomic E-state index is 11.1. The van der Waals surface area contributed by atoms with Gasteiger partial charge in [-0.05, 0) is 29.5 Å². The van der Waals surface area contributed by atoms with Crippen LogP contribution in [0.5, 0.6) is 5.75 Å². The van der Waals surface area contributed by atoms with E-state index in [0.29, 0.717) is 5.56 Å². The summed E-state index contributed by atoms with van der Waals surface area (Å²) in [5, 5.41) is 31.0. The summed E-state index contributed by atoms with van der Waals surface area (Å²) in [7, 11) is 0. The zero-order chi connectivity index (χ0) is 14.4. The highest BCUT2D eigenvalue weighted by Crippen LogP contribution is 2.26. The topological polar surface area (TPSA) is 136 Å². The summed E-state index contributed by atoms with van der Waals surface area (Å²) >= 11 is 0.904. The van der Waals surface area contributed by atoms with Crippen LogP contribution in [0.3, 0.4) is 0 Å². The lowest BCUT2D eigenvalue weighted by Crippen LogP contribution is -2.37. The fourth-order valence-corrected chi connectivity index (χ4v) is 1.89. The standard InChI is InChI=1S/C11H11N3O4S/c12-5-19-4-7-3-6(1-2-8(7)15)9(10(16)17)14-11(13)18/h1-3,9,15H,4H2,(H,16,17)(H3,13,14,18). The van der Waals surface area contributed by atoms with E-state index in [1.807, 2.05) is 5.40 Å². The molecule has 100 valence electrons. The minimum Gasteiger partial charge on any atom is -0.508 e. The molecule has 0 radical (unpaired) electrons. The molecule has 0 fully saturated rings. The van der Waals surface area contributed by atoms with Crippen molar-refractivity contribution in [3.05, 3.63) is 29.3 Å². The van der Waals surface area contributed by atoms with Crippen LogP contribution in [-0.2, 0) is 10.5 Å². The zero-order valence-corrected chi connectivity index (χ0v) is 10.5. The largest absolute Gasteiger partial charge is 0.508 e. The van der Waals surface area contributed by atoms with Gasteiger partial charge < -0.3 is 21.3 Å². The molecule has 8 heteroatoms. The Balaban J connectivity index is 3.07. The highest BCUT2D eigenvalue weighted by atomic mass is 32.2. The van der Waals surface area contributed by atoms with Crippen molar-refractivity contribution in [2.45, 2.75) is 11.8 Å². The van der Waals surface area contributed by atoms with Crippen LogP contribution in [0, 0.1) is 10.7 Å². The van der Waals surface area contributed by atoms with Gasteiger partial charge in [-0.1, -0.05) is 6.07 Å². The van der Waals surface area contributed by atoms with Crippen LogP contribution in [0.15, 0.2) is 18.2 Å². The fourth-order valence-electron chi connectivity index (χ4n) is 1.44. The Morgan fingerprint density at radius 3 is 2.74 bits per heavy atom. The van der Waals surface area contributed by atoms with Gasteiger partial charge in [-0.3, -0.25) is 0 Å². The van der Waals surface area contributed by atoms with Crippen molar-refractivity contribution >= 4 is 23.8 Å². The minimum absolute atomic E-state index is 0.0466. The molecule has 0 aromatic heterocycles. The summed E-state index contributed by atoms with van der Waals surface area (Å²) in [6.45, 7) is 0. The summed E-state index contributed by atoms with van der Waals surface area (Å²) < 4.78 is 0. The summed E-state index contributed by atoms with van der Waals surface area (Å²) in [5.41, 5.74) is 5.57. The van der Waals surface area contributed by atoms with E-state index in [2.05, 4.69) is 5.32 Å². The molecule has 1 rings (SSSR count). The van der Waals surface area contributed by atoms with E-state index in [0.717, 1.165) is 11.8 Å². The third kappa shape index (κ3) is 4.08. The van der Waals surface area contributed by atoms with Gasteiger partial charge in [0.25, 0.3) is 0 Å². The number of aliphatic carboxylic acids is 1. The number of amides is 2. The Morgan fingerprint density at radius 1 is 1.53 bits per heavy atom. The molecule has 5 N–H and O–H groups in total. The lowest BCUT2D eigenvalue weighted by Gasteiger charge is -2.14. The number of phenolic OH excluding ortho intramolecular Hbond substituents is 1. The first-order valence-electron chi connectivity index (χ1n) is 5.07. The van der Waals surface area contributed by atoms with Crippen LogP contribution in [-0.4, -0.2) is 22.2 Å². The number of urea groups is 1. The monoisotopic (exact) mass is 281 g/mol. The number of thiocyanates is 1. The molecule has 0 spiro atoms. The van der Waals surface area contributed by atoms with Crippen LogP contribution < -0.4 is 11.1 Å². The number of benzene rings is 1. The van der Waals surface area contributed by atoms with Gasteiger partial charge >= 0.3 is 12.0 Å². The zero-order valence-electron chi connectivity index (χ0n) is 9.66. The molecule has 1 unspecified atom stereocenters. The van der Waals surface area contributed by atoms with Gasteiger partial charge in [0.05, 0.1) is 0 Å². The van der Waals surface area contributed by atoms with E-state index < -0.39 is 18.0 Å². The average Bonchev–Trinajstić information content (AvgIpc) is 2.34. The molecular formula is C11H11N3O4S. The van der Waals surface area contributed by atoms with E-state index in [9.17, 15) is 14.7 Å². The molecule has 1 atom stereocenters. The molecule has 0 bridgehead atoms. The number of hydrogen-bond acceptors (Lipinski definition) is 5. The molecule has 7 nitrogen and oxygen atoms in total. The Bertz CT molecular complexity index is 541. The first-order valence-corrected chi connectivity index (χ1v) is 6.05. The van der Waals surface area contributed by atoms with Crippen LogP contribution in [0.1, 0.15) is 17.2 Å². The molecule has 0 saturated heterocycles. The second-order valence-electron chi connectivity index (χ2n) is 3.55. The van der Waals surface area contributed by atoms with Crippen LogP contribution >= 0.6 is 11.8 Å². The molecule has 0 heterocycles. The Hall–Kier alpha value is -2.40. The molecule has 2 amide bonds. The highest BCUT2D eigenvalue weighted by molar-refractivity contribution is 8.02. The van der Waals surface area contributed by atoms with Crippen molar-refractivity contribution in [2.75, 3.05) is 0 Å². The normalized spacial score (nSPS) is 11.3. The number of carbonyl (C=O) groups excluding carboxylic acids is 1. The number of nitrogens with two attached hydrogens (primary N) is 1. The molecular weight excluding hydrogens is 270 g/mol. The number of rotatable bonds is 5. The van der Waals surface area contributed by atoms with E-state index >= 15 is 0 Å². The molecule has 1 aromatic rings. The van der Waals surface area contributed by atoms with Gasteiger partial charge in [0.15, 0.2) is 6.04 Å². The number of carboxylic acids is 1. The fraction of sp³-hybridized carbons (Fsp3) is 0.182.